The highest BCUT2D eigenvalue weighted by molar-refractivity contribution is 6.35. The van der Waals surface area contributed by atoms with Crippen LogP contribution in [0, 0.1) is 0 Å². The van der Waals surface area contributed by atoms with Gasteiger partial charge < -0.3 is 4.90 Å². The van der Waals surface area contributed by atoms with Gasteiger partial charge in [-0.1, -0.05) is 60.5 Å². The van der Waals surface area contributed by atoms with Gasteiger partial charge in [0.1, 0.15) is 5.54 Å². The molecule has 0 unspecified atom stereocenters. The van der Waals surface area contributed by atoms with E-state index in [4.69, 9.17) is 23.2 Å². The van der Waals surface area contributed by atoms with E-state index in [2.05, 4.69) is 0 Å². The number of imide groups is 1. The fourth-order valence-electron chi connectivity index (χ4n) is 3.24. The van der Waals surface area contributed by atoms with Crippen LogP contribution in [-0.4, -0.2) is 29.4 Å². The first-order valence-electron chi connectivity index (χ1n) is 7.90. The molecule has 4 nitrogen and oxygen atoms in total. The van der Waals surface area contributed by atoms with Crippen LogP contribution in [0.1, 0.15) is 25.3 Å². The van der Waals surface area contributed by atoms with Crippen molar-refractivity contribution in [2.75, 3.05) is 11.9 Å². The Morgan fingerprint density at radius 3 is 2.12 bits per heavy atom. The molecule has 3 amide bonds. The van der Waals surface area contributed by atoms with E-state index in [0.717, 1.165) is 10.5 Å². The molecule has 0 aliphatic carbocycles. The third-order valence-electron chi connectivity index (χ3n) is 5.06. The van der Waals surface area contributed by atoms with E-state index in [1.807, 2.05) is 37.3 Å². The van der Waals surface area contributed by atoms with Crippen molar-refractivity contribution in [3.05, 3.63) is 64.1 Å². The number of likely N-dealkylation sites (N-methyl/N-ethyl adjacent to an activating group) is 1. The summed E-state index contributed by atoms with van der Waals surface area (Å²) < 4.78 is 0. The number of carbonyl (C=O) groups is 2. The Morgan fingerprint density at radius 1 is 1.00 bits per heavy atom. The molecule has 2 aromatic rings. The molecule has 6 heteroatoms. The maximum Gasteiger partial charge on any atom is 0.332 e. The molecular formula is C19H18Cl2N2O2. The van der Waals surface area contributed by atoms with Crippen LogP contribution in [0.25, 0.3) is 0 Å². The number of amides is 3. The summed E-state index contributed by atoms with van der Waals surface area (Å²) >= 11 is 12.1. The van der Waals surface area contributed by atoms with E-state index >= 15 is 0 Å². The zero-order valence-corrected chi connectivity index (χ0v) is 15.7. The topological polar surface area (TPSA) is 40.6 Å². The van der Waals surface area contributed by atoms with Gasteiger partial charge in [-0.2, -0.15) is 0 Å². The van der Waals surface area contributed by atoms with E-state index in [9.17, 15) is 9.59 Å². The van der Waals surface area contributed by atoms with E-state index in [1.165, 1.54) is 4.90 Å². The Bertz CT molecular complexity index is 820. The molecule has 0 radical (unpaired) electrons. The van der Waals surface area contributed by atoms with Crippen LogP contribution >= 0.6 is 23.2 Å². The van der Waals surface area contributed by atoms with Crippen molar-refractivity contribution in [2.24, 2.45) is 0 Å². The van der Waals surface area contributed by atoms with Crippen molar-refractivity contribution in [1.29, 1.82) is 0 Å². The lowest BCUT2D eigenvalue weighted by Gasteiger charge is -2.34. The second kappa shape index (κ2) is 6.36. The summed E-state index contributed by atoms with van der Waals surface area (Å²) in [6.07, 6.45) is 0. The van der Waals surface area contributed by atoms with Crippen LogP contribution in [-0.2, 0) is 4.79 Å². The van der Waals surface area contributed by atoms with Crippen LogP contribution in [0.5, 0.6) is 0 Å². The smallest absolute Gasteiger partial charge is 0.312 e. The molecule has 130 valence electrons. The lowest BCUT2D eigenvalue weighted by Crippen LogP contribution is -2.49. The fraction of sp³-hybridized carbons (Fsp3) is 0.263. The molecule has 0 spiro atoms. The lowest BCUT2D eigenvalue weighted by molar-refractivity contribution is -0.124. The first-order chi connectivity index (χ1) is 11.8. The molecule has 0 N–H and O–H groups in total. The van der Waals surface area contributed by atoms with Crippen LogP contribution in [0.2, 0.25) is 10.0 Å². The Labute approximate surface area is 156 Å². The molecule has 3 rings (SSSR count). The number of hydrogen-bond acceptors (Lipinski definition) is 2. The van der Waals surface area contributed by atoms with Crippen molar-refractivity contribution < 1.29 is 9.59 Å². The van der Waals surface area contributed by atoms with Crippen molar-refractivity contribution in [1.82, 2.24) is 4.90 Å². The van der Waals surface area contributed by atoms with Crippen molar-refractivity contribution >= 4 is 40.8 Å². The SMILES string of the molecule is C[C@@H](c1ccccc1)[C@@]1(C)C(=O)N(c2cc(Cl)cc(Cl)c2)C(=O)N1C. The summed E-state index contributed by atoms with van der Waals surface area (Å²) in [5, 5.41) is 0.742. The summed E-state index contributed by atoms with van der Waals surface area (Å²) in [5.41, 5.74) is 0.361. The molecule has 1 aliphatic rings. The Kier molecular flexibility index (Phi) is 4.52. The van der Waals surface area contributed by atoms with Crippen molar-refractivity contribution in [3.8, 4) is 0 Å². The van der Waals surface area contributed by atoms with Gasteiger partial charge in [0.25, 0.3) is 5.91 Å². The minimum atomic E-state index is -1.01. The van der Waals surface area contributed by atoms with Crippen molar-refractivity contribution in [2.45, 2.75) is 25.3 Å². The molecule has 0 saturated carbocycles. The minimum Gasteiger partial charge on any atom is -0.312 e. The molecule has 0 bridgehead atoms. The van der Waals surface area contributed by atoms with Gasteiger partial charge in [0.15, 0.2) is 0 Å². The molecule has 1 aliphatic heterocycles. The van der Waals surface area contributed by atoms with E-state index in [0.29, 0.717) is 15.7 Å². The van der Waals surface area contributed by atoms with Crippen LogP contribution in [0.15, 0.2) is 48.5 Å². The fourth-order valence-corrected chi connectivity index (χ4v) is 3.76. The quantitative estimate of drug-likeness (QED) is 0.710. The number of carbonyl (C=O) groups excluding carboxylic acids is 2. The zero-order chi connectivity index (χ0) is 18.4. The average Bonchev–Trinajstić information content (AvgIpc) is 2.75. The lowest BCUT2D eigenvalue weighted by atomic mass is 9.81. The Morgan fingerprint density at radius 2 is 1.56 bits per heavy atom. The first-order valence-corrected chi connectivity index (χ1v) is 8.65. The van der Waals surface area contributed by atoms with E-state index in [-0.39, 0.29) is 11.8 Å². The van der Waals surface area contributed by atoms with Crippen molar-refractivity contribution in [3.63, 3.8) is 0 Å². The summed E-state index contributed by atoms with van der Waals surface area (Å²) in [6.45, 7) is 3.74. The van der Waals surface area contributed by atoms with Gasteiger partial charge in [-0.25, -0.2) is 9.69 Å². The number of halogens is 2. The first kappa shape index (κ1) is 17.8. The standard InChI is InChI=1S/C19H18Cl2N2O2/c1-12(13-7-5-4-6-8-13)19(2)17(24)23(18(25)22(19)3)16-10-14(20)9-15(21)11-16/h4-12H,1-3H3/t12-,19-/m0/s1. The van der Waals surface area contributed by atoms with Gasteiger partial charge in [0, 0.05) is 23.0 Å². The van der Waals surface area contributed by atoms with E-state index in [1.54, 1.807) is 32.2 Å². The van der Waals surface area contributed by atoms with Crippen LogP contribution in [0.4, 0.5) is 10.5 Å². The van der Waals surface area contributed by atoms with Gasteiger partial charge >= 0.3 is 6.03 Å². The summed E-state index contributed by atoms with van der Waals surface area (Å²) in [7, 11) is 1.64. The summed E-state index contributed by atoms with van der Waals surface area (Å²) in [4.78, 5) is 28.7. The predicted molar refractivity (Wildman–Crippen MR) is 100 cm³/mol. The Hall–Kier alpha value is -2.04. The number of anilines is 1. The number of hydrogen-bond donors (Lipinski definition) is 0. The normalized spacial score (nSPS) is 21.8. The van der Waals surface area contributed by atoms with Crippen LogP contribution < -0.4 is 4.90 Å². The van der Waals surface area contributed by atoms with E-state index < -0.39 is 11.6 Å². The average molecular weight is 377 g/mol. The van der Waals surface area contributed by atoms with Crippen LogP contribution in [0.3, 0.4) is 0 Å². The maximum atomic E-state index is 13.3. The van der Waals surface area contributed by atoms with Gasteiger partial charge in [-0.3, -0.25) is 4.79 Å². The third kappa shape index (κ3) is 2.79. The largest absolute Gasteiger partial charge is 0.332 e. The molecule has 2 aromatic carbocycles. The second-order valence-corrected chi connectivity index (χ2v) is 7.26. The number of rotatable bonds is 3. The molecule has 25 heavy (non-hydrogen) atoms. The van der Waals surface area contributed by atoms with Gasteiger partial charge in [0.2, 0.25) is 0 Å². The Balaban J connectivity index is 2.06. The maximum absolute atomic E-state index is 13.3. The second-order valence-electron chi connectivity index (χ2n) is 6.39. The molecule has 1 saturated heterocycles. The van der Waals surface area contributed by atoms with Gasteiger partial charge in [-0.15, -0.1) is 0 Å². The highest BCUT2D eigenvalue weighted by Crippen LogP contribution is 2.41. The number of benzene rings is 2. The highest BCUT2D eigenvalue weighted by Gasteiger charge is 2.56. The molecule has 2 atom stereocenters. The van der Waals surface area contributed by atoms with Gasteiger partial charge in [-0.05, 0) is 30.7 Å². The molecule has 0 aromatic heterocycles. The summed E-state index contributed by atoms with van der Waals surface area (Å²) in [5.74, 6) is -0.482. The molecule has 1 fully saturated rings. The summed E-state index contributed by atoms with van der Waals surface area (Å²) in [6, 6.07) is 14.0. The third-order valence-corrected chi connectivity index (χ3v) is 5.50. The zero-order valence-electron chi connectivity index (χ0n) is 14.2. The highest BCUT2D eigenvalue weighted by atomic mass is 35.5. The minimum absolute atomic E-state index is 0.185. The monoisotopic (exact) mass is 376 g/mol. The molecule has 1 heterocycles. The number of nitrogens with zero attached hydrogens (tertiary/aromatic N) is 2. The predicted octanol–water partition coefficient (Wildman–Crippen LogP) is 4.95. The van der Waals surface area contributed by atoms with Gasteiger partial charge in [0.05, 0.1) is 5.69 Å². The molecular weight excluding hydrogens is 359 g/mol. The number of urea groups is 1.